The summed E-state index contributed by atoms with van der Waals surface area (Å²) in [5.74, 6) is 0.488. The van der Waals surface area contributed by atoms with E-state index in [-0.39, 0.29) is 0 Å². The number of carbonyl (C=O) groups excluding carboxylic acids is 1. The first-order valence-corrected chi connectivity index (χ1v) is 9.96. The fourth-order valence-electron chi connectivity index (χ4n) is 3.02. The van der Waals surface area contributed by atoms with Crippen molar-refractivity contribution < 1.29 is 14.6 Å². The predicted molar refractivity (Wildman–Crippen MR) is 117 cm³/mol. The van der Waals surface area contributed by atoms with E-state index in [0.29, 0.717) is 17.9 Å². The van der Waals surface area contributed by atoms with Gasteiger partial charge in [-0.05, 0) is 57.9 Å². The topological polar surface area (TPSA) is 88.4 Å². The van der Waals surface area contributed by atoms with Crippen LogP contribution in [0.4, 0.5) is 10.6 Å². The van der Waals surface area contributed by atoms with Crippen molar-refractivity contribution in [2.45, 2.75) is 52.7 Å². The predicted octanol–water partition coefficient (Wildman–Crippen LogP) is 4.81. The molecule has 3 heterocycles. The number of amides is 1. The van der Waals surface area contributed by atoms with Crippen LogP contribution in [-0.4, -0.2) is 38.8 Å². The maximum atomic E-state index is 12.3. The molecule has 1 amide bonds. The first-order valence-electron chi connectivity index (χ1n) is 9.96. The molecule has 0 aliphatic rings. The molecule has 7 heteroatoms. The Morgan fingerprint density at radius 3 is 2.40 bits per heavy atom. The van der Waals surface area contributed by atoms with Crippen molar-refractivity contribution >= 4 is 22.7 Å². The third-order valence-corrected chi connectivity index (χ3v) is 4.74. The summed E-state index contributed by atoms with van der Waals surface area (Å²) in [7, 11) is 1.63. The van der Waals surface area contributed by atoms with E-state index in [4.69, 9.17) is 4.74 Å². The maximum Gasteiger partial charge on any atom is 0.415 e. The molecule has 3 rings (SSSR count). The Labute approximate surface area is 176 Å². The molecule has 3 aromatic rings. The van der Waals surface area contributed by atoms with Gasteiger partial charge in [-0.15, -0.1) is 0 Å². The van der Waals surface area contributed by atoms with E-state index in [1.165, 1.54) is 4.90 Å². The number of aliphatic hydroxyl groups excluding tert-OH is 1. The van der Waals surface area contributed by atoms with Gasteiger partial charge in [-0.1, -0.05) is 6.92 Å². The second kappa shape index (κ2) is 8.36. The third-order valence-electron chi connectivity index (χ3n) is 4.74. The third kappa shape index (κ3) is 4.74. The van der Waals surface area contributed by atoms with Crippen molar-refractivity contribution in [1.29, 1.82) is 0 Å². The summed E-state index contributed by atoms with van der Waals surface area (Å²) >= 11 is 0. The number of hydrogen-bond acceptors (Lipinski definition) is 6. The van der Waals surface area contributed by atoms with E-state index in [1.807, 2.05) is 52.8 Å². The van der Waals surface area contributed by atoms with Gasteiger partial charge >= 0.3 is 6.09 Å². The van der Waals surface area contributed by atoms with Crippen molar-refractivity contribution in [1.82, 2.24) is 15.0 Å². The Bertz CT molecular complexity index is 1080. The van der Waals surface area contributed by atoms with Gasteiger partial charge in [0, 0.05) is 42.0 Å². The highest BCUT2D eigenvalue weighted by molar-refractivity contribution is 5.91. The number of aryl methyl sites for hydroxylation is 1. The summed E-state index contributed by atoms with van der Waals surface area (Å²) in [6.45, 7) is 9.37. The largest absolute Gasteiger partial charge is 0.443 e. The molecule has 0 saturated heterocycles. The standard InChI is InChI=1S/C23H28N4O3/c1-7-20(28)19-8-14(2)17(13-25-19)18-9-15-12-26-21(10-16(15)11-24-18)27(6)22(29)30-23(3,4)5/h8-13,20,28H,7H2,1-6H3. The molecular weight excluding hydrogens is 380 g/mol. The van der Waals surface area contributed by atoms with Crippen molar-refractivity contribution in [2.24, 2.45) is 0 Å². The van der Waals surface area contributed by atoms with Gasteiger partial charge in [0.1, 0.15) is 11.4 Å². The highest BCUT2D eigenvalue weighted by Crippen LogP contribution is 2.27. The second-order valence-electron chi connectivity index (χ2n) is 8.35. The lowest BCUT2D eigenvalue weighted by Crippen LogP contribution is -2.34. The molecule has 0 radical (unpaired) electrons. The molecule has 1 atom stereocenters. The van der Waals surface area contributed by atoms with Crippen LogP contribution in [0.15, 0.2) is 36.8 Å². The highest BCUT2D eigenvalue weighted by atomic mass is 16.6. The number of rotatable bonds is 4. The molecule has 3 aromatic heterocycles. The van der Waals surface area contributed by atoms with E-state index in [9.17, 15) is 9.90 Å². The molecule has 1 unspecified atom stereocenters. The van der Waals surface area contributed by atoms with Gasteiger partial charge < -0.3 is 9.84 Å². The van der Waals surface area contributed by atoms with Crippen LogP contribution in [0.3, 0.4) is 0 Å². The van der Waals surface area contributed by atoms with Gasteiger partial charge in [0.2, 0.25) is 0 Å². The zero-order chi connectivity index (χ0) is 22.1. The molecule has 0 aromatic carbocycles. The minimum Gasteiger partial charge on any atom is -0.443 e. The molecular formula is C23H28N4O3. The fraction of sp³-hybridized carbons (Fsp3) is 0.391. The molecule has 0 bridgehead atoms. The fourth-order valence-corrected chi connectivity index (χ4v) is 3.02. The number of aliphatic hydroxyl groups is 1. The van der Waals surface area contributed by atoms with Crippen molar-refractivity contribution in [3.8, 4) is 11.3 Å². The van der Waals surface area contributed by atoms with E-state index >= 15 is 0 Å². The molecule has 30 heavy (non-hydrogen) atoms. The lowest BCUT2D eigenvalue weighted by atomic mass is 10.0. The normalized spacial score (nSPS) is 12.6. The van der Waals surface area contributed by atoms with Crippen LogP contribution in [0.1, 0.15) is 51.5 Å². The SMILES string of the molecule is CCC(O)c1cc(C)c(-c2cc3cnc(N(C)C(=O)OC(C)(C)C)cc3cn2)cn1. The van der Waals surface area contributed by atoms with Crippen molar-refractivity contribution in [3.63, 3.8) is 0 Å². The van der Waals surface area contributed by atoms with Gasteiger partial charge in [-0.3, -0.25) is 14.9 Å². The van der Waals surface area contributed by atoms with Gasteiger partial charge in [-0.25, -0.2) is 9.78 Å². The van der Waals surface area contributed by atoms with Crippen LogP contribution in [0.5, 0.6) is 0 Å². The average Bonchev–Trinajstić information content (AvgIpc) is 2.70. The molecule has 0 aliphatic heterocycles. The van der Waals surface area contributed by atoms with Crippen molar-refractivity contribution in [3.05, 3.63) is 48.0 Å². The van der Waals surface area contributed by atoms with E-state index in [1.54, 1.807) is 25.6 Å². The molecule has 0 saturated carbocycles. The minimum atomic E-state index is -0.576. The number of ether oxygens (including phenoxy) is 1. The monoisotopic (exact) mass is 408 g/mol. The number of hydrogen-bond donors (Lipinski definition) is 1. The second-order valence-corrected chi connectivity index (χ2v) is 8.35. The Kier molecular flexibility index (Phi) is 6.03. The van der Waals surface area contributed by atoms with Crippen LogP contribution in [0.2, 0.25) is 0 Å². The van der Waals surface area contributed by atoms with E-state index in [0.717, 1.165) is 27.6 Å². The highest BCUT2D eigenvalue weighted by Gasteiger charge is 2.21. The summed E-state index contributed by atoms with van der Waals surface area (Å²) in [5, 5.41) is 11.8. The van der Waals surface area contributed by atoms with E-state index < -0.39 is 17.8 Å². The van der Waals surface area contributed by atoms with Gasteiger partial charge in [0.15, 0.2) is 0 Å². The average molecular weight is 409 g/mol. The van der Waals surface area contributed by atoms with Crippen LogP contribution in [-0.2, 0) is 4.74 Å². The van der Waals surface area contributed by atoms with Crippen LogP contribution in [0, 0.1) is 6.92 Å². The molecule has 158 valence electrons. The van der Waals surface area contributed by atoms with Crippen molar-refractivity contribution in [2.75, 3.05) is 11.9 Å². The van der Waals surface area contributed by atoms with Gasteiger partial charge in [0.05, 0.1) is 17.5 Å². The molecule has 0 spiro atoms. The number of fused-ring (bicyclic) bond motifs is 1. The Hall–Kier alpha value is -3.06. The summed E-state index contributed by atoms with van der Waals surface area (Å²) in [5.41, 5.74) is 2.76. The Morgan fingerprint density at radius 1 is 1.10 bits per heavy atom. The number of carbonyl (C=O) groups is 1. The first kappa shape index (κ1) is 21.6. The van der Waals surface area contributed by atoms with Crippen LogP contribution < -0.4 is 4.90 Å². The van der Waals surface area contributed by atoms with Crippen LogP contribution >= 0.6 is 0 Å². The van der Waals surface area contributed by atoms with Gasteiger partial charge in [0.25, 0.3) is 0 Å². The first-order chi connectivity index (χ1) is 14.1. The number of aromatic nitrogens is 3. The maximum absolute atomic E-state index is 12.3. The Balaban J connectivity index is 1.90. The van der Waals surface area contributed by atoms with Gasteiger partial charge in [-0.2, -0.15) is 0 Å². The lowest BCUT2D eigenvalue weighted by Gasteiger charge is -2.24. The number of anilines is 1. The molecule has 0 fully saturated rings. The van der Waals surface area contributed by atoms with E-state index in [2.05, 4.69) is 15.0 Å². The smallest absolute Gasteiger partial charge is 0.415 e. The molecule has 1 N–H and O–H groups in total. The zero-order valence-corrected chi connectivity index (χ0v) is 18.3. The molecule has 0 aliphatic carbocycles. The molecule has 7 nitrogen and oxygen atoms in total. The summed E-state index contributed by atoms with van der Waals surface area (Å²) in [6, 6.07) is 5.65. The number of pyridine rings is 3. The minimum absolute atomic E-state index is 0.463. The van der Waals surface area contributed by atoms with Crippen LogP contribution in [0.25, 0.3) is 22.0 Å². The zero-order valence-electron chi connectivity index (χ0n) is 18.3. The summed E-state index contributed by atoms with van der Waals surface area (Å²) < 4.78 is 5.40. The number of nitrogens with zero attached hydrogens (tertiary/aromatic N) is 4. The summed E-state index contributed by atoms with van der Waals surface area (Å²) in [4.78, 5) is 27.0. The quantitative estimate of drug-likeness (QED) is 0.666. The summed E-state index contributed by atoms with van der Waals surface area (Å²) in [6.07, 6.45) is 4.81. The lowest BCUT2D eigenvalue weighted by molar-refractivity contribution is 0.0588. The Morgan fingerprint density at radius 2 is 1.77 bits per heavy atom.